The SMILES string of the molecule is CCCCCCCCC[CH2][Sn]([CH2]CCCCCCCCC)([CH2]CCCCCCCCC)[CH2]CCCCCCCCC. The molecule has 0 rings (SSSR count). The Balaban J connectivity index is 4.82. The Morgan fingerprint density at radius 3 is 0.512 bits per heavy atom. The third-order valence-corrected chi connectivity index (χ3v) is 26.4. The van der Waals surface area contributed by atoms with Crippen LogP contribution in [0.15, 0.2) is 0 Å². The molecule has 0 atom stereocenters. The quantitative estimate of drug-likeness (QED) is 0.0455. The van der Waals surface area contributed by atoms with Gasteiger partial charge in [0, 0.05) is 0 Å². The van der Waals surface area contributed by atoms with Crippen molar-refractivity contribution in [2.75, 3.05) is 0 Å². The standard InChI is InChI=1S/4C10H21.Sn/c4*1-3-5-7-9-10-8-6-4-2;/h4*1,3-10H2,2H3;. The molecule has 41 heavy (non-hydrogen) atoms. The van der Waals surface area contributed by atoms with Crippen molar-refractivity contribution in [2.24, 2.45) is 0 Å². The van der Waals surface area contributed by atoms with Crippen LogP contribution in [0, 0.1) is 0 Å². The van der Waals surface area contributed by atoms with Crippen molar-refractivity contribution in [1.29, 1.82) is 0 Å². The van der Waals surface area contributed by atoms with Crippen molar-refractivity contribution >= 4 is 18.4 Å². The molecular weight excluding hydrogens is 599 g/mol. The molecule has 0 heterocycles. The number of rotatable bonds is 36. The summed E-state index contributed by atoms with van der Waals surface area (Å²) in [7, 11) is 0. The summed E-state index contributed by atoms with van der Waals surface area (Å²) in [4.78, 5) is 0. The predicted molar refractivity (Wildman–Crippen MR) is 195 cm³/mol. The van der Waals surface area contributed by atoms with Gasteiger partial charge in [-0.1, -0.05) is 0 Å². The molecule has 0 aliphatic carbocycles. The Hall–Kier alpha value is 0.799. The van der Waals surface area contributed by atoms with Crippen LogP contribution < -0.4 is 0 Å². The zero-order valence-electron chi connectivity index (χ0n) is 30.0. The first-order chi connectivity index (χ1) is 20.2. The molecule has 0 aromatic rings. The zero-order chi connectivity index (χ0) is 30.0. The molecule has 0 unspecified atom stereocenters. The first-order valence-electron chi connectivity index (χ1n) is 20.2. The maximum absolute atomic E-state index is 2.35. The summed E-state index contributed by atoms with van der Waals surface area (Å²) in [5.41, 5.74) is 0. The van der Waals surface area contributed by atoms with Gasteiger partial charge in [-0.2, -0.15) is 0 Å². The topological polar surface area (TPSA) is 0 Å². The van der Waals surface area contributed by atoms with Gasteiger partial charge in [-0.25, -0.2) is 0 Å². The van der Waals surface area contributed by atoms with Gasteiger partial charge < -0.3 is 0 Å². The second-order valence-electron chi connectivity index (χ2n) is 14.4. The van der Waals surface area contributed by atoms with Gasteiger partial charge in [0.1, 0.15) is 0 Å². The molecule has 0 N–H and O–H groups in total. The van der Waals surface area contributed by atoms with Gasteiger partial charge in [-0.15, -0.1) is 0 Å². The normalized spacial score (nSPS) is 12.0. The summed E-state index contributed by atoms with van der Waals surface area (Å²) in [6.45, 7) is 9.38. The first kappa shape index (κ1) is 41.8. The molecule has 0 nitrogen and oxygen atoms in total. The van der Waals surface area contributed by atoms with Gasteiger partial charge >= 0.3 is 269 Å². The number of hydrogen-bond donors (Lipinski definition) is 0. The second-order valence-corrected chi connectivity index (χ2v) is 28.7. The van der Waals surface area contributed by atoms with Crippen LogP contribution in [0.1, 0.15) is 233 Å². The summed E-state index contributed by atoms with van der Waals surface area (Å²) in [5, 5.41) is 0. The van der Waals surface area contributed by atoms with Crippen molar-refractivity contribution in [3.8, 4) is 0 Å². The Morgan fingerprint density at radius 1 is 0.195 bits per heavy atom. The van der Waals surface area contributed by atoms with E-state index >= 15 is 0 Å². The van der Waals surface area contributed by atoms with Crippen LogP contribution in [0.4, 0.5) is 0 Å². The van der Waals surface area contributed by atoms with Gasteiger partial charge in [0.25, 0.3) is 0 Å². The first-order valence-corrected chi connectivity index (χ1v) is 28.3. The third-order valence-electron chi connectivity index (χ3n) is 10.2. The molecule has 0 aromatic carbocycles. The van der Waals surface area contributed by atoms with Gasteiger partial charge in [0.15, 0.2) is 0 Å². The van der Waals surface area contributed by atoms with Crippen LogP contribution in [-0.2, 0) is 0 Å². The van der Waals surface area contributed by atoms with E-state index in [4.69, 9.17) is 0 Å². The Labute approximate surface area is 268 Å². The van der Waals surface area contributed by atoms with Gasteiger partial charge in [0.05, 0.1) is 0 Å². The van der Waals surface area contributed by atoms with E-state index in [0.29, 0.717) is 0 Å². The average molecular weight is 684 g/mol. The van der Waals surface area contributed by atoms with Crippen LogP contribution >= 0.6 is 0 Å². The minimum absolute atomic E-state index is 1.38. The van der Waals surface area contributed by atoms with Crippen LogP contribution in [0.5, 0.6) is 0 Å². The molecule has 0 saturated heterocycles. The van der Waals surface area contributed by atoms with Gasteiger partial charge in [-0.05, 0) is 0 Å². The summed E-state index contributed by atoms with van der Waals surface area (Å²) < 4.78 is 7.03. The molecular formula is C40H84Sn. The Kier molecular flexibility index (Phi) is 36.0. The van der Waals surface area contributed by atoms with Crippen molar-refractivity contribution in [1.82, 2.24) is 0 Å². The second kappa shape index (κ2) is 35.3. The molecule has 248 valence electrons. The van der Waals surface area contributed by atoms with E-state index in [2.05, 4.69) is 27.7 Å². The summed E-state index contributed by atoms with van der Waals surface area (Å²) in [6, 6.07) is 0. The molecule has 0 amide bonds. The minimum atomic E-state index is -2.04. The monoisotopic (exact) mass is 685 g/mol. The van der Waals surface area contributed by atoms with Crippen molar-refractivity contribution in [3.63, 3.8) is 0 Å². The van der Waals surface area contributed by atoms with E-state index < -0.39 is 18.4 Å². The fourth-order valence-electron chi connectivity index (χ4n) is 7.29. The fraction of sp³-hybridized carbons (Fsp3) is 1.00. The molecule has 0 saturated carbocycles. The maximum atomic E-state index is 2.35. The number of unbranched alkanes of at least 4 members (excludes halogenated alkanes) is 28. The van der Waals surface area contributed by atoms with Crippen molar-refractivity contribution < 1.29 is 0 Å². The predicted octanol–water partition coefficient (Wildman–Crippen LogP) is 16.0. The molecule has 0 radical (unpaired) electrons. The van der Waals surface area contributed by atoms with Crippen LogP contribution in [0.2, 0.25) is 17.7 Å². The van der Waals surface area contributed by atoms with Crippen LogP contribution in [0.25, 0.3) is 0 Å². The van der Waals surface area contributed by atoms with E-state index in [9.17, 15) is 0 Å². The molecule has 0 bridgehead atoms. The third kappa shape index (κ3) is 30.6. The van der Waals surface area contributed by atoms with Crippen molar-refractivity contribution in [3.05, 3.63) is 0 Å². The fourth-order valence-corrected chi connectivity index (χ4v) is 23.0. The van der Waals surface area contributed by atoms with Crippen LogP contribution in [0.3, 0.4) is 0 Å². The summed E-state index contributed by atoms with van der Waals surface area (Å²) in [5.74, 6) is 0. The summed E-state index contributed by atoms with van der Waals surface area (Å²) >= 11 is -2.04. The van der Waals surface area contributed by atoms with Crippen molar-refractivity contribution in [2.45, 2.75) is 251 Å². The summed E-state index contributed by atoms with van der Waals surface area (Å²) in [6.07, 6.45) is 48.0. The molecule has 0 aliphatic rings. The zero-order valence-corrected chi connectivity index (χ0v) is 32.8. The van der Waals surface area contributed by atoms with Gasteiger partial charge in [0.2, 0.25) is 0 Å². The molecule has 0 spiro atoms. The van der Waals surface area contributed by atoms with E-state index in [0.717, 1.165) is 0 Å². The Bertz CT molecular complexity index is 372. The van der Waals surface area contributed by atoms with E-state index in [1.807, 2.05) is 0 Å². The Morgan fingerprint density at radius 2 is 0.341 bits per heavy atom. The van der Waals surface area contributed by atoms with E-state index in [1.54, 1.807) is 69.1 Å². The van der Waals surface area contributed by atoms with Gasteiger partial charge in [-0.3, -0.25) is 0 Å². The molecule has 0 aromatic heterocycles. The van der Waals surface area contributed by atoms with Crippen LogP contribution in [-0.4, -0.2) is 18.4 Å². The van der Waals surface area contributed by atoms with E-state index in [-0.39, 0.29) is 0 Å². The van der Waals surface area contributed by atoms with E-state index in [1.165, 1.54) is 154 Å². The molecule has 1 heteroatoms. The molecule has 0 fully saturated rings. The molecule has 0 aliphatic heterocycles. The average Bonchev–Trinajstić information content (AvgIpc) is 2.98. The number of hydrogen-bond acceptors (Lipinski definition) is 0.